The van der Waals surface area contributed by atoms with Gasteiger partial charge in [-0.05, 0) is 25.5 Å². The maximum Gasteiger partial charge on any atom is 0.240 e. The summed E-state index contributed by atoms with van der Waals surface area (Å²) >= 11 is 0. The molecule has 8 heteroatoms. The van der Waals surface area contributed by atoms with Crippen LogP contribution in [-0.2, 0) is 22.7 Å². The number of benzene rings is 1. The zero-order chi connectivity index (χ0) is 20.1. The van der Waals surface area contributed by atoms with Crippen molar-refractivity contribution in [1.82, 2.24) is 19.9 Å². The van der Waals surface area contributed by atoms with Crippen LogP contribution in [0.5, 0.6) is 0 Å². The number of nitrogens with one attached hydrogen (secondary N) is 1. The molecule has 0 unspecified atom stereocenters. The van der Waals surface area contributed by atoms with Gasteiger partial charge >= 0.3 is 0 Å². The summed E-state index contributed by atoms with van der Waals surface area (Å²) in [7, 11) is 0. The van der Waals surface area contributed by atoms with Crippen LogP contribution in [0.4, 0.5) is 0 Å². The van der Waals surface area contributed by atoms with Crippen molar-refractivity contribution in [3.63, 3.8) is 0 Å². The fourth-order valence-corrected chi connectivity index (χ4v) is 2.74. The molecule has 28 heavy (non-hydrogen) atoms. The van der Waals surface area contributed by atoms with Crippen molar-refractivity contribution in [3.8, 4) is 0 Å². The van der Waals surface area contributed by atoms with Gasteiger partial charge < -0.3 is 20.9 Å². The van der Waals surface area contributed by atoms with E-state index in [2.05, 4.69) is 15.5 Å². The Morgan fingerprint density at radius 1 is 1.25 bits per heavy atom. The quantitative estimate of drug-likeness (QED) is 0.541. The van der Waals surface area contributed by atoms with Gasteiger partial charge in [0.05, 0.1) is 25.4 Å². The third-order valence-corrected chi connectivity index (χ3v) is 4.31. The third-order valence-electron chi connectivity index (χ3n) is 4.31. The van der Waals surface area contributed by atoms with E-state index in [-0.39, 0.29) is 19.1 Å². The number of rotatable bonds is 8. The smallest absolute Gasteiger partial charge is 0.240 e. The number of amides is 1. The predicted octanol–water partition coefficient (Wildman–Crippen LogP) is 1.33. The number of nitrogens with two attached hydrogens (primary N) is 1. The summed E-state index contributed by atoms with van der Waals surface area (Å²) in [6.45, 7) is 3.71. The molecule has 4 N–H and O–H groups in total. The van der Waals surface area contributed by atoms with Crippen LogP contribution in [0.15, 0.2) is 48.7 Å². The molecule has 148 valence electrons. The molecular formula is C20H25N5O3. The minimum Gasteiger partial charge on any atom is -0.392 e. The van der Waals surface area contributed by atoms with Crippen molar-refractivity contribution in [3.05, 3.63) is 65.6 Å². The zero-order valence-electron chi connectivity index (χ0n) is 16.0. The molecule has 0 spiro atoms. The van der Waals surface area contributed by atoms with Gasteiger partial charge in [0.1, 0.15) is 6.04 Å². The van der Waals surface area contributed by atoms with Crippen molar-refractivity contribution >= 4 is 11.6 Å². The van der Waals surface area contributed by atoms with Gasteiger partial charge in [0.25, 0.3) is 0 Å². The van der Waals surface area contributed by atoms with Crippen LogP contribution in [0, 0.1) is 0 Å². The first-order valence-corrected chi connectivity index (χ1v) is 9.05. The molecule has 0 aliphatic heterocycles. The van der Waals surface area contributed by atoms with E-state index >= 15 is 0 Å². The Balaban J connectivity index is 1.84. The summed E-state index contributed by atoms with van der Waals surface area (Å²) in [4.78, 5) is 12.5. The lowest BCUT2D eigenvalue weighted by Gasteiger charge is -2.23. The summed E-state index contributed by atoms with van der Waals surface area (Å²) in [5.41, 5.74) is 7.10. The standard InChI is InChI=1S/C20H25N5O3/c1-20(2,21)19(27)22-16(13-28-12-14-7-4-3-5-8-14)18-24-23-17-15(11-26)9-6-10-25(17)18/h3-10,16,26H,11-13,21H2,1-2H3,(H,22,27)/t16-/m1/s1. The summed E-state index contributed by atoms with van der Waals surface area (Å²) < 4.78 is 7.58. The molecule has 0 radical (unpaired) electrons. The van der Waals surface area contributed by atoms with E-state index in [1.807, 2.05) is 30.3 Å². The minimum atomic E-state index is -1.05. The number of nitrogens with zero attached hydrogens (tertiary/aromatic N) is 3. The molecule has 0 aliphatic carbocycles. The fraction of sp³-hybridized carbons (Fsp3) is 0.350. The fourth-order valence-electron chi connectivity index (χ4n) is 2.74. The van der Waals surface area contributed by atoms with Gasteiger partial charge in [0, 0.05) is 11.8 Å². The summed E-state index contributed by atoms with van der Waals surface area (Å²) in [5.74, 6) is 0.187. The largest absolute Gasteiger partial charge is 0.392 e. The van der Waals surface area contributed by atoms with Crippen molar-refractivity contribution in [2.45, 2.75) is 38.6 Å². The average molecular weight is 383 g/mol. The highest BCUT2D eigenvalue weighted by Gasteiger charge is 2.28. The highest BCUT2D eigenvalue weighted by molar-refractivity contribution is 5.85. The summed E-state index contributed by atoms with van der Waals surface area (Å²) in [5, 5.41) is 20.8. The third kappa shape index (κ3) is 4.53. The zero-order valence-corrected chi connectivity index (χ0v) is 16.0. The lowest BCUT2D eigenvalue weighted by molar-refractivity contribution is -0.126. The SMILES string of the molecule is CC(C)(N)C(=O)N[C@H](COCc1ccccc1)c1nnc2c(CO)cccn12. The van der Waals surface area contributed by atoms with E-state index in [4.69, 9.17) is 10.5 Å². The normalized spacial score (nSPS) is 12.9. The molecule has 1 aromatic carbocycles. The molecule has 3 aromatic rings. The maximum atomic E-state index is 12.5. The van der Waals surface area contributed by atoms with Gasteiger partial charge in [-0.3, -0.25) is 9.20 Å². The number of aliphatic hydroxyl groups is 1. The van der Waals surface area contributed by atoms with E-state index in [0.717, 1.165) is 5.56 Å². The maximum absolute atomic E-state index is 12.5. The van der Waals surface area contributed by atoms with Crippen LogP contribution in [-0.4, -0.2) is 37.8 Å². The molecule has 1 atom stereocenters. The molecule has 3 rings (SSSR count). The van der Waals surface area contributed by atoms with Gasteiger partial charge in [0.15, 0.2) is 11.5 Å². The topological polar surface area (TPSA) is 115 Å². The highest BCUT2D eigenvalue weighted by atomic mass is 16.5. The second-order valence-electron chi connectivity index (χ2n) is 7.19. The van der Waals surface area contributed by atoms with Crippen LogP contribution < -0.4 is 11.1 Å². The Morgan fingerprint density at radius 2 is 2.00 bits per heavy atom. The van der Waals surface area contributed by atoms with Crippen molar-refractivity contribution in [2.24, 2.45) is 5.73 Å². The molecule has 0 aliphatic rings. The first-order valence-electron chi connectivity index (χ1n) is 9.05. The molecule has 1 amide bonds. The molecule has 2 heterocycles. The number of ether oxygens (including phenoxy) is 1. The average Bonchev–Trinajstić information content (AvgIpc) is 3.11. The van der Waals surface area contributed by atoms with E-state index < -0.39 is 11.6 Å². The number of hydrogen-bond donors (Lipinski definition) is 3. The molecule has 0 saturated carbocycles. The first kappa shape index (κ1) is 19.9. The molecule has 2 aromatic heterocycles. The monoisotopic (exact) mass is 383 g/mol. The Bertz CT molecular complexity index is 934. The molecular weight excluding hydrogens is 358 g/mol. The number of pyridine rings is 1. The van der Waals surface area contributed by atoms with Crippen molar-refractivity contribution < 1.29 is 14.6 Å². The highest BCUT2D eigenvalue weighted by Crippen LogP contribution is 2.18. The lowest BCUT2D eigenvalue weighted by Crippen LogP contribution is -2.50. The van der Waals surface area contributed by atoms with E-state index in [0.29, 0.717) is 23.6 Å². The Kier molecular flexibility index (Phi) is 6.03. The summed E-state index contributed by atoms with van der Waals surface area (Å²) in [6, 6.07) is 12.8. The predicted molar refractivity (Wildman–Crippen MR) is 104 cm³/mol. The van der Waals surface area contributed by atoms with E-state index in [9.17, 15) is 9.90 Å². The Labute approximate surface area is 163 Å². The number of hydrogen-bond acceptors (Lipinski definition) is 6. The van der Waals surface area contributed by atoms with Crippen LogP contribution in [0.3, 0.4) is 0 Å². The summed E-state index contributed by atoms with van der Waals surface area (Å²) in [6.07, 6.45) is 1.79. The molecule has 0 bridgehead atoms. The van der Waals surface area contributed by atoms with Crippen LogP contribution in [0.25, 0.3) is 5.65 Å². The number of carbonyl (C=O) groups excluding carboxylic acids is 1. The number of aromatic nitrogens is 3. The van der Waals surface area contributed by atoms with Gasteiger partial charge in [-0.15, -0.1) is 10.2 Å². The minimum absolute atomic E-state index is 0.153. The lowest BCUT2D eigenvalue weighted by atomic mass is 10.1. The molecule has 8 nitrogen and oxygen atoms in total. The molecule has 0 saturated heterocycles. The van der Waals surface area contributed by atoms with Crippen LogP contribution >= 0.6 is 0 Å². The number of aliphatic hydroxyl groups excluding tert-OH is 1. The number of fused-ring (bicyclic) bond motifs is 1. The Hall–Kier alpha value is -2.81. The van der Waals surface area contributed by atoms with Crippen molar-refractivity contribution in [2.75, 3.05) is 6.61 Å². The second kappa shape index (κ2) is 8.47. The van der Waals surface area contributed by atoms with Crippen molar-refractivity contribution in [1.29, 1.82) is 0 Å². The van der Waals surface area contributed by atoms with E-state index in [1.54, 1.807) is 36.6 Å². The van der Waals surface area contributed by atoms with E-state index in [1.165, 1.54) is 0 Å². The second-order valence-corrected chi connectivity index (χ2v) is 7.19. The van der Waals surface area contributed by atoms with Crippen LogP contribution in [0.2, 0.25) is 0 Å². The first-order chi connectivity index (χ1) is 13.4. The van der Waals surface area contributed by atoms with Gasteiger partial charge in [-0.1, -0.05) is 36.4 Å². The van der Waals surface area contributed by atoms with Gasteiger partial charge in [-0.25, -0.2) is 0 Å². The Morgan fingerprint density at radius 3 is 2.68 bits per heavy atom. The van der Waals surface area contributed by atoms with Crippen LogP contribution in [0.1, 0.15) is 36.8 Å². The molecule has 0 fully saturated rings. The van der Waals surface area contributed by atoms with Gasteiger partial charge in [0.2, 0.25) is 5.91 Å². The van der Waals surface area contributed by atoms with Gasteiger partial charge in [-0.2, -0.15) is 0 Å². The number of carbonyl (C=O) groups is 1.